The van der Waals surface area contributed by atoms with Crippen LogP contribution in [0.15, 0.2) is 42.5 Å². The summed E-state index contributed by atoms with van der Waals surface area (Å²) in [5.41, 5.74) is 3.87. The Morgan fingerprint density at radius 2 is 2.00 bits per heavy atom. The molecule has 0 radical (unpaired) electrons. The van der Waals surface area contributed by atoms with E-state index in [1.807, 2.05) is 6.07 Å². The number of alkyl halides is 1. The molecule has 3 heteroatoms. The number of rotatable bonds is 2. The van der Waals surface area contributed by atoms with Crippen molar-refractivity contribution in [2.75, 3.05) is 0 Å². The second-order valence-electron chi connectivity index (χ2n) is 5.02. The number of hydrogen-bond donors (Lipinski definition) is 0. The van der Waals surface area contributed by atoms with Crippen LogP contribution < -0.4 is 0 Å². The molecule has 3 rings (SSSR count). The molecule has 0 nitrogen and oxygen atoms in total. The molecule has 0 spiro atoms. The Morgan fingerprint density at radius 1 is 1.21 bits per heavy atom. The molecule has 2 atom stereocenters. The summed E-state index contributed by atoms with van der Waals surface area (Å²) in [6, 6.07) is 13.5. The van der Waals surface area contributed by atoms with Crippen LogP contribution in [0, 0.1) is 11.7 Å². The minimum atomic E-state index is -0.351. The zero-order chi connectivity index (χ0) is 13.4. The van der Waals surface area contributed by atoms with E-state index in [1.54, 1.807) is 6.07 Å². The topological polar surface area (TPSA) is 0 Å². The Bertz CT molecular complexity index is 611. The summed E-state index contributed by atoms with van der Waals surface area (Å²) in [6.45, 7) is 0. The molecule has 0 saturated heterocycles. The molecular formula is C16H13BrClF. The highest BCUT2D eigenvalue weighted by atomic mass is 79.9. The lowest BCUT2D eigenvalue weighted by Crippen LogP contribution is -2.06. The highest BCUT2D eigenvalue weighted by Crippen LogP contribution is 2.43. The smallest absolute Gasteiger partial charge is 0.141 e. The van der Waals surface area contributed by atoms with Crippen molar-refractivity contribution in [1.29, 1.82) is 0 Å². The molecule has 0 aliphatic heterocycles. The zero-order valence-electron chi connectivity index (χ0n) is 10.2. The van der Waals surface area contributed by atoms with Gasteiger partial charge in [0.15, 0.2) is 0 Å². The van der Waals surface area contributed by atoms with Gasteiger partial charge in [0, 0.05) is 4.83 Å². The summed E-state index contributed by atoms with van der Waals surface area (Å²) in [7, 11) is 0. The third kappa shape index (κ3) is 2.56. The highest BCUT2D eigenvalue weighted by Gasteiger charge is 2.30. The van der Waals surface area contributed by atoms with Gasteiger partial charge in [-0.2, -0.15) is 0 Å². The van der Waals surface area contributed by atoms with E-state index in [0.29, 0.717) is 10.7 Å². The lowest BCUT2D eigenvalue weighted by Gasteiger charge is -2.14. The first kappa shape index (κ1) is 13.1. The minimum Gasteiger partial charge on any atom is -0.205 e. The fourth-order valence-electron chi connectivity index (χ4n) is 2.77. The molecule has 2 aromatic carbocycles. The minimum absolute atomic E-state index is 0.208. The van der Waals surface area contributed by atoms with Crippen molar-refractivity contribution in [3.63, 3.8) is 0 Å². The predicted octanol–water partition coefficient (Wildman–Crippen LogP) is 5.33. The van der Waals surface area contributed by atoms with E-state index < -0.39 is 0 Å². The monoisotopic (exact) mass is 338 g/mol. The lowest BCUT2D eigenvalue weighted by atomic mass is 9.96. The number of benzene rings is 2. The van der Waals surface area contributed by atoms with Crippen LogP contribution in [-0.4, -0.2) is 0 Å². The number of halogens is 3. The van der Waals surface area contributed by atoms with Crippen molar-refractivity contribution in [1.82, 2.24) is 0 Å². The SMILES string of the molecule is Fc1ccc(CC2Cc3ccccc3C2Br)cc1Cl. The van der Waals surface area contributed by atoms with Gasteiger partial charge in [0.2, 0.25) is 0 Å². The van der Waals surface area contributed by atoms with Crippen LogP contribution in [0.5, 0.6) is 0 Å². The summed E-state index contributed by atoms with van der Waals surface area (Å²) in [6.07, 6.45) is 1.96. The molecule has 98 valence electrons. The summed E-state index contributed by atoms with van der Waals surface area (Å²) >= 11 is 9.62. The van der Waals surface area contributed by atoms with Gasteiger partial charge in [0.05, 0.1) is 5.02 Å². The molecule has 19 heavy (non-hydrogen) atoms. The molecule has 0 amide bonds. The maximum atomic E-state index is 13.2. The Morgan fingerprint density at radius 3 is 2.74 bits per heavy atom. The van der Waals surface area contributed by atoms with Crippen LogP contribution >= 0.6 is 27.5 Å². The second kappa shape index (κ2) is 5.26. The van der Waals surface area contributed by atoms with Gasteiger partial charge in [-0.3, -0.25) is 0 Å². The van der Waals surface area contributed by atoms with Crippen LogP contribution in [0.3, 0.4) is 0 Å². The fourth-order valence-corrected chi connectivity index (χ4v) is 3.80. The molecule has 0 aromatic heterocycles. The van der Waals surface area contributed by atoms with Gasteiger partial charge in [-0.1, -0.05) is 57.9 Å². The molecular weight excluding hydrogens is 327 g/mol. The molecule has 2 aromatic rings. The van der Waals surface area contributed by atoms with Crippen molar-refractivity contribution in [2.24, 2.45) is 5.92 Å². The molecule has 0 N–H and O–H groups in total. The standard InChI is InChI=1S/C16H13BrClF/c17-16-12(9-11-3-1-2-4-13(11)16)7-10-5-6-15(19)14(18)8-10/h1-6,8,12,16H,7,9H2. The number of fused-ring (bicyclic) bond motifs is 1. The van der Waals surface area contributed by atoms with E-state index in [4.69, 9.17) is 11.6 Å². The molecule has 1 aliphatic carbocycles. The van der Waals surface area contributed by atoms with Gasteiger partial charge >= 0.3 is 0 Å². The first-order chi connectivity index (χ1) is 9.15. The predicted molar refractivity (Wildman–Crippen MR) is 80.4 cm³/mol. The summed E-state index contributed by atoms with van der Waals surface area (Å²) in [5, 5.41) is 0.208. The zero-order valence-corrected chi connectivity index (χ0v) is 12.6. The summed E-state index contributed by atoms with van der Waals surface area (Å²) in [5.74, 6) is 0.148. The van der Waals surface area contributed by atoms with Crippen molar-refractivity contribution < 1.29 is 4.39 Å². The van der Waals surface area contributed by atoms with Crippen LogP contribution in [0.25, 0.3) is 0 Å². The first-order valence-corrected chi connectivity index (χ1v) is 7.60. The third-order valence-electron chi connectivity index (χ3n) is 3.73. The van der Waals surface area contributed by atoms with Gasteiger partial charge in [-0.05, 0) is 47.6 Å². The van der Waals surface area contributed by atoms with Crippen LogP contribution in [0.1, 0.15) is 21.5 Å². The van der Waals surface area contributed by atoms with Crippen LogP contribution in [0.2, 0.25) is 5.02 Å². The van der Waals surface area contributed by atoms with Crippen molar-refractivity contribution in [2.45, 2.75) is 17.7 Å². The summed E-state index contributed by atoms with van der Waals surface area (Å²) in [4.78, 5) is 0.368. The van der Waals surface area contributed by atoms with E-state index in [1.165, 1.54) is 17.2 Å². The van der Waals surface area contributed by atoms with Crippen LogP contribution in [0.4, 0.5) is 4.39 Å². The molecule has 1 aliphatic rings. The first-order valence-electron chi connectivity index (χ1n) is 6.31. The van der Waals surface area contributed by atoms with E-state index in [0.717, 1.165) is 18.4 Å². The molecule has 0 bridgehead atoms. The lowest BCUT2D eigenvalue weighted by molar-refractivity contribution is 0.553. The van der Waals surface area contributed by atoms with E-state index in [2.05, 4.69) is 40.2 Å². The van der Waals surface area contributed by atoms with E-state index in [-0.39, 0.29) is 10.8 Å². The van der Waals surface area contributed by atoms with Crippen molar-refractivity contribution in [3.8, 4) is 0 Å². The third-order valence-corrected chi connectivity index (χ3v) is 5.26. The second-order valence-corrected chi connectivity index (χ2v) is 6.41. The Hall–Kier alpha value is -0.860. The maximum Gasteiger partial charge on any atom is 0.141 e. The molecule has 2 unspecified atom stereocenters. The van der Waals surface area contributed by atoms with Gasteiger partial charge < -0.3 is 0 Å². The van der Waals surface area contributed by atoms with Gasteiger partial charge in [-0.15, -0.1) is 0 Å². The average molecular weight is 340 g/mol. The number of hydrogen-bond acceptors (Lipinski definition) is 0. The molecule has 0 heterocycles. The van der Waals surface area contributed by atoms with Gasteiger partial charge in [0.1, 0.15) is 5.82 Å². The fraction of sp³-hybridized carbons (Fsp3) is 0.250. The normalized spacial score (nSPS) is 21.4. The van der Waals surface area contributed by atoms with E-state index in [9.17, 15) is 4.39 Å². The Kier molecular flexibility index (Phi) is 3.64. The molecule has 0 saturated carbocycles. The molecule has 0 fully saturated rings. The maximum absolute atomic E-state index is 13.2. The van der Waals surface area contributed by atoms with Gasteiger partial charge in [-0.25, -0.2) is 4.39 Å². The summed E-state index contributed by atoms with van der Waals surface area (Å²) < 4.78 is 13.2. The Balaban J connectivity index is 1.80. The van der Waals surface area contributed by atoms with Crippen molar-refractivity contribution in [3.05, 3.63) is 70.0 Å². The van der Waals surface area contributed by atoms with Crippen LogP contribution in [-0.2, 0) is 12.8 Å². The quantitative estimate of drug-likeness (QED) is 0.649. The Labute approximate surface area is 125 Å². The van der Waals surface area contributed by atoms with Gasteiger partial charge in [0.25, 0.3) is 0 Å². The average Bonchev–Trinajstić information content (AvgIpc) is 2.72. The van der Waals surface area contributed by atoms with Crippen molar-refractivity contribution >= 4 is 27.5 Å². The van der Waals surface area contributed by atoms with E-state index >= 15 is 0 Å². The largest absolute Gasteiger partial charge is 0.205 e. The highest BCUT2D eigenvalue weighted by molar-refractivity contribution is 9.09.